The molecule has 1 atom stereocenters. The molecule has 1 heterocycles. The van der Waals surface area contributed by atoms with Crippen LogP contribution in [0.15, 0.2) is 24.3 Å². The summed E-state index contributed by atoms with van der Waals surface area (Å²) in [7, 11) is 2.01. The van der Waals surface area contributed by atoms with Gasteiger partial charge in [-0.2, -0.15) is 5.10 Å². The predicted molar refractivity (Wildman–Crippen MR) is 76.5 cm³/mol. The summed E-state index contributed by atoms with van der Waals surface area (Å²) < 4.78 is 1.97. The fourth-order valence-corrected chi connectivity index (χ4v) is 2.52. The lowest BCUT2D eigenvalue weighted by atomic mass is 10.0. The number of rotatable bonds is 6. The lowest BCUT2D eigenvalue weighted by molar-refractivity contribution is 0.537. The molecule has 0 saturated carbocycles. The minimum atomic E-state index is 0.352. The maximum Gasteiger partial charge on any atom is 0.0703 e. The highest BCUT2D eigenvalue weighted by Crippen LogP contribution is 2.19. The van der Waals surface area contributed by atoms with E-state index in [2.05, 4.69) is 36.3 Å². The third-order valence-corrected chi connectivity index (χ3v) is 3.48. The molecule has 0 aliphatic rings. The summed E-state index contributed by atoms with van der Waals surface area (Å²) in [4.78, 5) is 0. The van der Waals surface area contributed by atoms with Crippen LogP contribution in [-0.2, 0) is 13.5 Å². The molecule has 3 heteroatoms. The zero-order chi connectivity index (χ0) is 13.0. The summed E-state index contributed by atoms with van der Waals surface area (Å²) in [5.74, 6) is 0. The molecule has 0 aliphatic heterocycles. The Morgan fingerprint density at radius 1 is 1.28 bits per heavy atom. The fraction of sp³-hybridized carbons (Fsp3) is 0.533. The van der Waals surface area contributed by atoms with E-state index in [4.69, 9.17) is 5.73 Å². The maximum atomic E-state index is 6.04. The van der Waals surface area contributed by atoms with Crippen molar-refractivity contribution in [2.24, 2.45) is 12.8 Å². The molecular formula is C15H23N3. The van der Waals surface area contributed by atoms with Gasteiger partial charge in [0.25, 0.3) is 0 Å². The van der Waals surface area contributed by atoms with E-state index in [0.29, 0.717) is 6.04 Å². The number of para-hydroxylation sites is 1. The van der Waals surface area contributed by atoms with Crippen LogP contribution in [0.2, 0.25) is 0 Å². The van der Waals surface area contributed by atoms with Crippen molar-refractivity contribution in [1.29, 1.82) is 0 Å². The molecule has 98 valence electrons. The third-order valence-electron chi connectivity index (χ3n) is 3.48. The van der Waals surface area contributed by atoms with E-state index in [9.17, 15) is 0 Å². The van der Waals surface area contributed by atoms with Gasteiger partial charge in [0, 0.05) is 18.5 Å². The largest absolute Gasteiger partial charge is 0.328 e. The number of nitrogens with zero attached hydrogens (tertiary/aromatic N) is 2. The van der Waals surface area contributed by atoms with Crippen LogP contribution in [0.4, 0.5) is 0 Å². The van der Waals surface area contributed by atoms with Crippen LogP contribution in [0.25, 0.3) is 10.9 Å². The summed E-state index contributed by atoms with van der Waals surface area (Å²) in [5.41, 5.74) is 8.46. The van der Waals surface area contributed by atoms with E-state index in [1.807, 2.05) is 11.7 Å². The van der Waals surface area contributed by atoms with Crippen molar-refractivity contribution in [3.8, 4) is 0 Å². The molecule has 0 saturated heterocycles. The highest BCUT2D eigenvalue weighted by atomic mass is 15.3. The van der Waals surface area contributed by atoms with E-state index in [1.54, 1.807) is 0 Å². The van der Waals surface area contributed by atoms with Gasteiger partial charge in [-0.05, 0) is 31.7 Å². The lowest BCUT2D eigenvalue weighted by Gasteiger charge is -2.08. The van der Waals surface area contributed by atoms with Crippen LogP contribution in [0.3, 0.4) is 0 Å². The van der Waals surface area contributed by atoms with Crippen molar-refractivity contribution in [2.45, 2.75) is 45.1 Å². The Hall–Kier alpha value is -1.35. The standard InChI is InChI=1S/C15H23N3/c1-3-7-12(16)8-6-10-14-13-9-4-5-11-15(13)18(2)17-14/h4-5,9,11-12H,3,6-8,10,16H2,1-2H3. The van der Waals surface area contributed by atoms with Gasteiger partial charge in [0.1, 0.15) is 0 Å². The molecule has 2 aromatic rings. The Morgan fingerprint density at radius 3 is 2.83 bits per heavy atom. The quantitative estimate of drug-likeness (QED) is 0.850. The zero-order valence-corrected chi connectivity index (χ0v) is 11.4. The Labute approximate surface area is 109 Å². The van der Waals surface area contributed by atoms with Gasteiger partial charge >= 0.3 is 0 Å². The summed E-state index contributed by atoms with van der Waals surface area (Å²) >= 11 is 0. The van der Waals surface area contributed by atoms with E-state index in [0.717, 1.165) is 25.7 Å². The molecule has 0 amide bonds. The van der Waals surface area contributed by atoms with Gasteiger partial charge in [0.15, 0.2) is 0 Å². The molecule has 1 aromatic carbocycles. The SMILES string of the molecule is CCCC(N)CCCc1nn(C)c2ccccc12. The van der Waals surface area contributed by atoms with Gasteiger partial charge in [-0.15, -0.1) is 0 Å². The Kier molecular flexibility index (Phi) is 4.37. The molecule has 0 radical (unpaired) electrons. The van der Waals surface area contributed by atoms with E-state index < -0.39 is 0 Å². The van der Waals surface area contributed by atoms with Crippen molar-refractivity contribution in [2.75, 3.05) is 0 Å². The highest BCUT2D eigenvalue weighted by Gasteiger charge is 2.08. The van der Waals surface area contributed by atoms with E-state index >= 15 is 0 Å². The number of benzene rings is 1. The molecule has 2 rings (SSSR count). The summed E-state index contributed by atoms with van der Waals surface area (Å²) in [6.45, 7) is 2.19. The highest BCUT2D eigenvalue weighted by molar-refractivity contribution is 5.81. The number of fused-ring (bicyclic) bond motifs is 1. The maximum absolute atomic E-state index is 6.04. The number of nitrogens with two attached hydrogens (primary N) is 1. The molecule has 18 heavy (non-hydrogen) atoms. The number of hydrogen-bond donors (Lipinski definition) is 1. The first-order chi connectivity index (χ1) is 8.72. The number of aryl methyl sites for hydroxylation is 2. The first kappa shape index (κ1) is 13.1. The number of aromatic nitrogens is 2. The third kappa shape index (κ3) is 2.91. The second kappa shape index (κ2) is 6.01. The minimum Gasteiger partial charge on any atom is -0.328 e. The average molecular weight is 245 g/mol. The fourth-order valence-electron chi connectivity index (χ4n) is 2.52. The summed E-state index contributed by atoms with van der Waals surface area (Å²) in [6.07, 6.45) is 5.55. The molecular weight excluding hydrogens is 222 g/mol. The van der Waals surface area contributed by atoms with Crippen molar-refractivity contribution < 1.29 is 0 Å². The molecule has 0 fully saturated rings. The Balaban J connectivity index is 2.00. The van der Waals surface area contributed by atoms with Gasteiger partial charge < -0.3 is 5.73 Å². The summed E-state index contributed by atoms with van der Waals surface area (Å²) in [6, 6.07) is 8.77. The van der Waals surface area contributed by atoms with Gasteiger partial charge in [-0.25, -0.2) is 0 Å². The first-order valence-electron chi connectivity index (χ1n) is 6.88. The molecule has 2 N–H and O–H groups in total. The van der Waals surface area contributed by atoms with Crippen molar-refractivity contribution >= 4 is 10.9 Å². The van der Waals surface area contributed by atoms with Crippen LogP contribution < -0.4 is 5.73 Å². The molecule has 1 unspecified atom stereocenters. The van der Waals surface area contributed by atoms with Crippen molar-refractivity contribution in [3.63, 3.8) is 0 Å². The molecule has 3 nitrogen and oxygen atoms in total. The van der Waals surface area contributed by atoms with Crippen LogP contribution in [0, 0.1) is 0 Å². The smallest absolute Gasteiger partial charge is 0.0703 e. The van der Waals surface area contributed by atoms with Crippen LogP contribution in [0.5, 0.6) is 0 Å². The second-order valence-corrected chi connectivity index (χ2v) is 5.03. The Morgan fingerprint density at radius 2 is 2.06 bits per heavy atom. The topological polar surface area (TPSA) is 43.8 Å². The Bertz CT molecular complexity index is 501. The van der Waals surface area contributed by atoms with Gasteiger partial charge in [0.05, 0.1) is 11.2 Å². The van der Waals surface area contributed by atoms with Gasteiger partial charge in [-0.1, -0.05) is 31.5 Å². The van der Waals surface area contributed by atoms with Crippen molar-refractivity contribution in [1.82, 2.24) is 9.78 Å². The second-order valence-electron chi connectivity index (χ2n) is 5.03. The van der Waals surface area contributed by atoms with Gasteiger partial charge in [-0.3, -0.25) is 4.68 Å². The monoisotopic (exact) mass is 245 g/mol. The molecule has 0 bridgehead atoms. The minimum absolute atomic E-state index is 0.352. The van der Waals surface area contributed by atoms with Crippen molar-refractivity contribution in [3.05, 3.63) is 30.0 Å². The van der Waals surface area contributed by atoms with Crippen LogP contribution >= 0.6 is 0 Å². The van der Waals surface area contributed by atoms with Crippen LogP contribution in [0.1, 0.15) is 38.3 Å². The summed E-state index contributed by atoms with van der Waals surface area (Å²) in [5, 5.41) is 5.89. The van der Waals surface area contributed by atoms with E-state index in [1.165, 1.54) is 23.0 Å². The normalized spacial score (nSPS) is 13.1. The zero-order valence-electron chi connectivity index (χ0n) is 11.4. The van der Waals surface area contributed by atoms with E-state index in [-0.39, 0.29) is 0 Å². The molecule has 0 aliphatic carbocycles. The lowest BCUT2D eigenvalue weighted by Crippen LogP contribution is -2.19. The first-order valence-corrected chi connectivity index (χ1v) is 6.88. The van der Waals surface area contributed by atoms with Crippen LogP contribution in [-0.4, -0.2) is 15.8 Å². The average Bonchev–Trinajstić information content (AvgIpc) is 2.68. The van der Waals surface area contributed by atoms with Gasteiger partial charge in [0.2, 0.25) is 0 Å². The molecule has 1 aromatic heterocycles. The predicted octanol–water partition coefficient (Wildman–Crippen LogP) is 3.02. The number of hydrogen-bond acceptors (Lipinski definition) is 2. The molecule has 0 spiro atoms.